The summed E-state index contributed by atoms with van der Waals surface area (Å²) in [5.74, 6) is -2.36. The van der Waals surface area contributed by atoms with Crippen molar-refractivity contribution in [1.29, 1.82) is 0 Å². The fourth-order valence-electron chi connectivity index (χ4n) is 1.42. The molecule has 0 aliphatic heterocycles. The predicted octanol–water partition coefficient (Wildman–Crippen LogP) is 1.70. The molecule has 0 aliphatic carbocycles. The zero-order chi connectivity index (χ0) is 16.2. The molecule has 2 unspecified atom stereocenters. The van der Waals surface area contributed by atoms with Gasteiger partial charge in [0.1, 0.15) is 12.1 Å². The maximum absolute atomic E-state index is 12.0. The molecule has 0 saturated carbocycles. The van der Waals surface area contributed by atoms with Crippen molar-refractivity contribution in [2.45, 2.75) is 25.9 Å². The van der Waals surface area contributed by atoms with E-state index in [1.54, 1.807) is 6.07 Å². The monoisotopic (exact) mass is 332 g/mol. The molecule has 2 amide bonds. The number of carboxylic acid groups (broad SMARTS) is 1. The Bertz CT molecular complexity index is 577. The number of nitrogens with one attached hydrogen (secondary N) is 2. The van der Waals surface area contributed by atoms with Crippen molar-refractivity contribution >= 4 is 41.0 Å². The van der Waals surface area contributed by atoms with Crippen LogP contribution in [0.3, 0.4) is 0 Å². The van der Waals surface area contributed by atoms with Gasteiger partial charge in [0.2, 0.25) is 5.91 Å². The number of carboxylic acids is 1. The van der Waals surface area contributed by atoms with Gasteiger partial charge in [0, 0.05) is 0 Å². The van der Waals surface area contributed by atoms with Gasteiger partial charge in [-0.15, -0.1) is 0 Å². The minimum atomic E-state index is -1.17. The fourth-order valence-corrected chi connectivity index (χ4v) is 1.81. The molecule has 3 N–H and O–H groups in total. The molecule has 0 bridgehead atoms. The average molecular weight is 333 g/mol. The molecule has 0 aliphatic rings. The van der Waals surface area contributed by atoms with Crippen LogP contribution in [0.15, 0.2) is 18.2 Å². The van der Waals surface area contributed by atoms with Crippen molar-refractivity contribution in [3.05, 3.63) is 33.8 Å². The third-order valence-electron chi connectivity index (χ3n) is 2.67. The number of rotatable bonds is 5. The topological polar surface area (TPSA) is 95.5 Å². The van der Waals surface area contributed by atoms with E-state index in [4.69, 9.17) is 28.3 Å². The summed E-state index contributed by atoms with van der Waals surface area (Å²) in [6, 6.07) is 2.58. The van der Waals surface area contributed by atoms with Gasteiger partial charge in [-0.1, -0.05) is 29.3 Å². The van der Waals surface area contributed by atoms with Gasteiger partial charge in [0.15, 0.2) is 0 Å². The van der Waals surface area contributed by atoms with Crippen LogP contribution in [0, 0.1) is 0 Å². The molecular weight excluding hydrogens is 319 g/mol. The minimum absolute atomic E-state index is 0.0863. The number of carbonyl (C=O) groups excluding carboxylic acids is 2. The lowest BCUT2D eigenvalue weighted by Gasteiger charge is -2.16. The maximum atomic E-state index is 12.0. The number of amides is 2. The summed E-state index contributed by atoms with van der Waals surface area (Å²) in [5, 5.41) is 13.7. The smallest absolute Gasteiger partial charge is 0.325 e. The van der Waals surface area contributed by atoms with Crippen LogP contribution in [-0.4, -0.2) is 35.0 Å². The second-order valence-corrected chi connectivity index (χ2v) is 5.15. The van der Waals surface area contributed by atoms with Crippen LogP contribution < -0.4 is 10.6 Å². The first-order valence-electron chi connectivity index (χ1n) is 6.02. The second kappa shape index (κ2) is 7.28. The molecule has 2 atom stereocenters. The molecule has 21 heavy (non-hydrogen) atoms. The molecule has 0 heterocycles. The van der Waals surface area contributed by atoms with Gasteiger partial charge in [-0.2, -0.15) is 0 Å². The Morgan fingerprint density at radius 1 is 1.10 bits per heavy atom. The number of aliphatic carboxylic acids is 1. The summed E-state index contributed by atoms with van der Waals surface area (Å²) in [4.78, 5) is 34.4. The van der Waals surface area contributed by atoms with Crippen molar-refractivity contribution < 1.29 is 19.5 Å². The molecule has 0 radical (unpaired) electrons. The fraction of sp³-hybridized carbons (Fsp3) is 0.308. The van der Waals surface area contributed by atoms with Crippen molar-refractivity contribution in [3.63, 3.8) is 0 Å². The van der Waals surface area contributed by atoms with E-state index in [9.17, 15) is 14.4 Å². The van der Waals surface area contributed by atoms with Crippen molar-refractivity contribution in [1.82, 2.24) is 10.6 Å². The first kappa shape index (κ1) is 17.3. The van der Waals surface area contributed by atoms with E-state index in [0.717, 1.165) is 0 Å². The number of hydrogen-bond donors (Lipinski definition) is 3. The van der Waals surface area contributed by atoms with Crippen molar-refractivity contribution in [2.24, 2.45) is 0 Å². The Morgan fingerprint density at radius 3 is 2.29 bits per heavy atom. The van der Waals surface area contributed by atoms with Crippen LogP contribution in [0.25, 0.3) is 0 Å². The molecule has 0 spiro atoms. The zero-order valence-corrected chi connectivity index (χ0v) is 12.8. The molecule has 6 nitrogen and oxygen atoms in total. The Kier molecular flexibility index (Phi) is 5.99. The van der Waals surface area contributed by atoms with Crippen LogP contribution in [0.5, 0.6) is 0 Å². The highest BCUT2D eigenvalue weighted by Gasteiger charge is 2.22. The highest BCUT2D eigenvalue weighted by Crippen LogP contribution is 2.25. The number of hydrogen-bond acceptors (Lipinski definition) is 3. The van der Waals surface area contributed by atoms with Crippen LogP contribution >= 0.6 is 23.2 Å². The molecular formula is C13H14Cl2N2O4. The van der Waals surface area contributed by atoms with E-state index in [1.807, 2.05) is 0 Å². The first-order chi connectivity index (χ1) is 9.73. The zero-order valence-electron chi connectivity index (χ0n) is 11.3. The van der Waals surface area contributed by atoms with Gasteiger partial charge < -0.3 is 15.7 Å². The average Bonchev–Trinajstić information content (AvgIpc) is 2.41. The molecule has 0 fully saturated rings. The summed E-state index contributed by atoms with van der Waals surface area (Å²) in [7, 11) is 0. The maximum Gasteiger partial charge on any atom is 0.325 e. The summed E-state index contributed by atoms with van der Waals surface area (Å²) in [5.41, 5.74) is 0.134. The molecule has 8 heteroatoms. The quantitative estimate of drug-likeness (QED) is 0.764. The van der Waals surface area contributed by atoms with Gasteiger partial charge in [-0.25, -0.2) is 0 Å². The van der Waals surface area contributed by atoms with Crippen LogP contribution in [-0.2, 0) is 9.59 Å². The van der Waals surface area contributed by atoms with Crippen LogP contribution in [0.1, 0.15) is 24.2 Å². The number of benzene rings is 1. The SMILES string of the molecule is CC(NC(=O)C(C)NC(=O)c1cccc(Cl)c1Cl)C(=O)O. The van der Waals surface area contributed by atoms with E-state index in [2.05, 4.69) is 10.6 Å². The molecule has 114 valence electrons. The first-order valence-corrected chi connectivity index (χ1v) is 6.77. The van der Waals surface area contributed by atoms with E-state index in [1.165, 1.54) is 26.0 Å². The highest BCUT2D eigenvalue weighted by atomic mass is 35.5. The van der Waals surface area contributed by atoms with Gasteiger partial charge in [0.25, 0.3) is 5.91 Å². The Hall–Kier alpha value is -1.79. The Balaban J connectivity index is 2.72. The van der Waals surface area contributed by atoms with Gasteiger partial charge >= 0.3 is 5.97 Å². The van der Waals surface area contributed by atoms with Crippen molar-refractivity contribution in [2.75, 3.05) is 0 Å². The van der Waals surface area contributed by atoms with Gasteiger partial charge in [-0.05, 0) is 26.0 Å². The molecule has 1 rings (SSSR count). The van der Waals surface area contributed by atoms with Crippen molar-refractivity contribution in [3.8, 4) is 0 Å². The molecule has 0 aromatic heterocycles. The summed E-state index contributed by atoms with van der Waals surface area (Å²) in [6.07, 6.45) is 0. The molecule has 1 aromatic carbocycles. The Morgan fingerprint density at radius 2 is 1.71 bits per heavy atom. The summed E-state index contributed by atoms with van der Waals surface area (Å²) in [6.45, 7) is 2.75. The Labute approximate surface area is 131 Å². The molecule has 0 saturated heterocycles. The lowest BCUT2D eigenvalue weighted by atomic mass is 10.2. The summed E-state index contributed by atoms with van der Waals surface area (Å²) < 4.78 is 0. The largest absolute Gasteiger partial charge is 0.480 e. The predicted molar refractivity (Wildman–Crippen MR) is 78.6 cm³/mol. The minimum Gasteiger partial charge on any atom is -0.480 e. The van der Waals surface area contributed by atoms with Gasteiger partial charge in [0.05, 0.1) is 15.6 Å². The van der Waals surface area contributed by atoms with E-state index in [0.29, 0.717) is 0 Å². The van der Waals surface area contributed by atoms with E-state index >= 15 is 0 Å². The van der Waals surface area contributed by atoms with E-state index in [-0.39, 0.29) is 15.6 Å². The number of halogens is 2. The summed E-state index contributed by atoms with van der Waals surface area (Å²) >= 11 is 11.7. The second-order valence-electron chi connectivity index (χ2n) is 4.37. The lowest BCUT2D eigenvalue weighted by Crippen LogP contribution is -2.49. The van der Waals surface area contributed by atoms with E-state index < -0.39 is 29.9 Å². The van der Waals surface area contributed by atoms with Crippen LogP contribution in [0.4, 0.5) is 0 Å². The third-order valence-corrected chi connectivity index (χ3v) is 3.49. The normalized spacial score (nSPS) is 13.1. The van der Waals surface area contributed by atoms with Crippen LogP contribution in [0.2, 0.25) is 10.0 Å². The number of carbonyl (C=O) groups is 3. The lowest BCUT2D eigenvalue weighted by molar-refractivity contribution is -0.141. The third kappa shape index (κ3) is 4.61. The highest BCUT2D eigenvalue weighted by molar-refractivity contribution is 6.43. The molecule has 1 aromatic rings. The standard InChI is InChI=1S/C13H14Cl2N2O4/c1-6(11(18)17-7(2)13(20)21)16-12(19)8-4-3-5-9(14)10(8)15/h3-7H,1-2H3,(H,16,19)(H,17,18)(H,20,21). The van der Waals surface area contributed by atoms with Gasteiger partial charge in [-0.3, -0.25) is 14.4 Å².